The lowest BCUT2D eigenvalue weighted by molar-refractivity contribution is -0.142. The molecule has 0 radical (unpaired) electrons. The molecule has 0 saturated heterocycles. The maximum Gasteiger partial charge on any atom is 0.309 e. The fourth-order valence-electron chi connectivity index (χ4n) is 1.24. The predicted molar refractivity (Wildman–Crippen MR) is 63.7 cm³/mol. The summed E-state index contributed by atoms with van der Waals surface area (Å²) in [6, 6.07) is 1.82. The van der Waals surface area contributed by atoms with Crippen molar-refractivity contribution in [3.8, 4) is 0 Å². The van der Waals surface area contributed by atoms with Gasteiger partial charge in [-0.15, -0.1) is 0 Å². The number of hydrogen-bond acceptors (Lipinski definition) is 4. The third-order valence-electron chi connectivity index (χ3n) is 2.03. The molecule has 0 fully saturated rings. The average Bonchev–Trinajstić information content (AvgIpc) is 2.23. The van der Waals surface area contributed by atoms with Crippen molar-refractivity contribution in [1.82, 2.24) is 4.98 Å². The van der Waals surface area contributed by atoms with Crippen LogP contribution in [0.1, 0.15) is 24.6 Å². The van der Waals surface area contributed by atoms with Gasteiger partial charge in [-0.1, -0.05) is 12.2 Å². The number of aromatic nitrogens is 1. The molecular formula is C12H16N2O2. The Bertz CT molecular complexity index is 400. The lowest BCUT2D eigenvalue weighted by atomic mass is 10.1. The number of carbonyl (C=O) groups excluding carboxylic acids is 1. The van der Waals surface area contributed by atoms with E-state index in [2.05, 4.69) is 4.98 Å². The van der Waals surface area contributed by atoms with Crippen LogP contribution in [0.5, 0.6) is 0 Å². The second kappa shape index (κ2) is 5.90. The predicted octanol–water partition coefficient (Wildman–Crippen LogP) is 1.94. The summed E-state index contributed by atoms with van der Waals surface area (Å²) >= 11 is 0. The first kappa shape index (κ1) is 12.2. The lowest BCUT2D eigenvalue weighted by Crippen LogP contribution is -2.01. The zero-order valence-electron chi connectivity index (χ0n) is 9.56. The van der Waals surface area contributed by atoms with E-state index in [0.717, 1.165) is 11.3 Å². The van der Waals surface area contributed by atoms with Gasteiger partial charge in [-0.3, -0.25) is 9.78 Å². The molecule has 0 bridgehead atoms. The number of rotatable bonds is 4. The van der Waals surface area contributed by atoms with Crippen molar-refractivity contribution in [1.29, 1.82) is 0 Å². The van der Waals surface area contributed by atoms with Gasteiger partial charge in [-0.05, 0) is 25.5 Å². The van der Waals surface area contributed by atoms with E-state index in [9.17, 15) is 4.79 Å². The Balaban J connectivity index is 2.62. The van der Waals surface area contributed by atoms with Crippen molar-refractivity contribution in [3.63, 3.8) is 0 Å². The summed E-state index contributed by atoms with van der Waals surface area (Å²) < 4.78 is 4.80. The molecule has 0 spiro atoms. The van der Waals surface area contributed by atoms with E-state index in [1.807, 2.05) is 19.1 Å². The molecule has 4 nitrogen and oxygen atoms in total. The number of aryl methyl sites for hydroxylation is 1. The first-order valence-corrected chi connectivity index (χ1v) is 5.17. The molecule has 0 aliphatic heterocycles. The zero-order valence-corrected chi connectivity index (χ0v) is 9.56. The van der Waals surface area contributed by atoms with Gasteiger partial charge < -0.3 is 10.5 Å². The molecule has 1 aromatic heterocycles. The van der Waals surface area contributed by atoms with E-state index < -0.39 is 0 Å². The summed E-state index contributed by atoms with van der Waals surface area (Å²) in [4.78, 5) is 15.2. The Morgan fingerprint density at radius 1 is 1.62 bits per heavy atom. The van der Waals surface area contributed by atoms with Crippen LogP contribution in [0.2, 0.25) is 0 Å². The van der Waals surface area contributed by atoms with E-state index in [4.69, 9.17) is 10.5 Å². The molecule has 2 N–H and O–H groups in total. The zero-order chi connectivity index (χ0) is 12.0. The van der Waals surface area contributed by atoms with Crippen molar-refractivity contribution in [3.05, 3.63) is 29.6 Å². The molecule has 0 amide bonds. The van der Waals surface area contributed by atoms with Crippen molar-refractivity contribution in [2.45, 2.75) is 20.3 Å². The van der Waals surface area contributed by atoms with Gasteiger partial charge in [-0.2, -0.15) is 0 Å². The molecule has 16 heavy (non-hydrogen) atoms. The molecule has 0 unspecified atom stereocenters. The van der Waals surface area contributed by atoms with Crippen molar-refractivity contribution in [2.75, 3.05) is 12.3 Å². The second-order valence-corrected chi connectivity index (χ2v) is 3.35. The number of carbonyl (C=O) groups is 1. The standard InChI is InChI=1S/C12H16N2O2/c1-3-16-12(15)6-4-5-10-7-11(13)8-14-9(10)2/h4-5,7-8H,3,6,13H2,1-2H3. The van der Waals surface area contributed by atoms with Gasteiger partial charge in [0, 0.05) is 5.69 Å². The molecule has 1 heterocycles. The highest BCUT2D eigenvalue weighted by molar-refractivity contribution is 5.73. The Hall–Kier alpha value is -1.84. The third kappa shape index (κ3) is 3.73. The average molecular weight is 220 g/mol. The Morgan fingerprint density at radius 2 is 2.38 bits per heavy atom. The number of nitrogen functional groups attached to an aromatic ring is 1. The molecule has 4 heteroatoms. The van der Waals surface area contributed by atoms with Crippen molar-refractivity contribution >= 4 is 17.7 Å². The molecule has 0 atom stereocenters. The number of ether oxygens (including phenoxy) is 1. The molecule has 1 aromatic rings. The molecule has 0 saturated carbocycles. The molecule has 0 aliphatic rings. The monoisotopic (exact) mass is 220 g/mol. The SMILES string of the molecule is CCOC(=O)CC=Cc1cc(N)cnc1C. The van der Waals surface area contributed by atoms with Gasteiger partial charge >= 0.3 is 5.97 Å². The van der Waals surface area contributed by atoms with Crippen LogP contribution in [0.25, 0.3) is 6.08 Å². The first-order valence-electron chi connectivity index (χ1n) is 5.17. The van der Waals surface area contributed by atoms with Gasteiger partial charge in [0.15, 0.2) is 0 Å². The quantitative estimate of drug-likeness (QED) is 0.787. The fourth-order valence-corrected chi connectivity index (χ4v) is 1.24. The topological polar surface area (TPSA) is 65.2 Å². The van der Waals surface area contributed by atoms with Crippen LogP contribution in [0.4, 0.5) is 5.69 Å². The summed E-state index contributed by atoms with van der Waals surface area (Å²) in [7, 11) is 0. The van der Waals surface area contributed by atoms with E-state index in [1.165, 1.54) is 0 Å². The number of nitrogens with two attached hydrogens (primary N) is 1. The third-order valence-corrected chi connectivity index (χ3v) is 2.03. The molecular weight excluding hydrogens is 204 g/mol. The summed E-state index contributed by atoms with van der Waals surface area (Å²) in [5.74, 6) is -0.228. The second-order valence-electron chi connectivity index (χ2n) is 3.35. The van der Waals surface area contributed by atoms with Crippen molar-refractivity contribution in [2.24, 2.45) is 0 Å². The minimum Gasteiger partial charge on any atom is -0.466 e. The maximum absolute atomic E-state index is 11.1. The van der Waals surface area contributed by atoms with Crippen LogP contribution in [0.3, 0.4) is 0 Å². The number of hydrogen-bond donors (Lipinski definition) is 1. The maximum atomic E-state index is 11.1. The van der Waals surface area contributed by atoms with E-state index in [0.29, 0.717) is 12.3 Å². The van der Waals surface area contributed by atoms with Gasteiger partial charge in [0.1, 0.15) is 0 Å². The fraction of sp³-hybridized carbons (Fsp3) is 0.333. The summed E-state index contributed by atoms with van der Waals surface area (Å²) in [5.41, 5.74) is 8.04. The van der Waals surface area contributed by atoms with E-state index in [1.54, 1.807) is 19.2 Å². The Kier molecular flexibility index (Phi) is 4.51. The highest BCUT2D eigenvalue weighted by atomic mass is 16.5. The number of pyridine rings is 1. The highest BCUT2D eigenvalue weighted by Crippen LogP contribution is 2.11. The smallest absolute Gasteiger partial charge is 0.309 e. The number of anilines is 1. The van der Waals surface area contributed by atoms with Gasteiger partial charge in [0.2, 0.25) is 0 Å². The van der Waals surface area contributed by atoms with E-state index >= 15 is 0 Å². The number of nitrogens with zero attached hydrogens (tertiary/aromatic N) is 1. The van der Waals surface area contributed by atoms with Crippen LogP contribution in [0, 0.1) is 6.92 Å². The van der Waals surface area contributed by atoms with Crippen LogP contribution in [0.15, 0.2) is 18.3 Å². The van der Waals surface area contributed by atoms with Crippen LogP contribution >= 0.6 is 0 Å². The molecule has 1 rings (SSSR count). The minimum atomic E-state index is -0.228. The van der Waals surface area contributed by atoms with Gasteiger partial charge in [0.05, 0.1) is 24.9 Å². The minimum absolute atomic E-state index is 0.228. The Morgan fingerprint density at radius 3 is 3.06 bits per heavy atom. The summed E-state index contributed by atoms with van der Waals surface area (Å²) in [6.07, 6.45) is 5.46. The first-order chi connectivity index (χ1) is 7.63. The van der Waals surface area contributed by atoms with Crippen LogP contribution in [-0.2, 0) is 9.53 Å². The van der Waals surface area contributed by atoms with Crippen LogP contribution in [-0.4, -0.2) is 17.6 Å². The van der Waals surface area contributed by atoms with E-state index in [-0.39, 0.29) is 12.4 Å². The van der Waals surface area contributed by atoms with Gasteiger partial charge in [-0.25, -0.2) is 0 Å². The molecule has 0 aliphatic carbocycles. The number of esters is 1. The molecule has 86 valence electrons. The molecule has 0 aromatic carbocycles. The normalized spacial score (nSPS) is 10.6. The highest BCUT2D eigenvalue weighted by Gasteiger charge is 1.99. The van der Waals surface area contributed by atoms with Gasteiger partial charge in [0.25, 0.3) is 0 Å². The largest absolute Gasteiger partial charge is 0.466 e. The van der Waals surface area contributed by atoms with Crippen molar-refractivity contribution < 1.29 is 9.53 Å². The van der Waals surface area contributed by atoms with Crippen LogP contribution < -0.4 is 5.73 Å². The summed E-state index contributed by atoms with van der Waals surface area (Å²) in [6.45, 7) is 4.09. The lowest BCUT2D eigenvalue weighted by Gasteiger charge is -2.01. The summed E-state index contributed by atoms with van der Waals surface area (Å²) in [5, 5.41) is 0. The Labute approximate surface area is 95.1 Å².